The number of ether oxygens (including phenoxy) is 5. The minimum atomic E-state index is -0.808. The van der Waals surface area contributed by atoms with Crippen molar-refractivity contribution in [1.29, 1.82) is 0 Å². The first-order chi connectivity index (χ1) is 22.6. The van der Waals surface area contributed by atoms with Gasteiger partial charge in [0.05, 0.1) is 18.6 Å². The maximum Gasteiger partial charge on any atom is 0.407 e. The number of methoxy groups -OCH3 is 1. The molecule has 0 radical (unpaired) electrons. The zero-order valence-electron chi connectivity index (χ0n) is 29.6. The molecule has 0 bridgehead atoms. The highest BCUT2D eigenvalue weighted by Gasteiger charge is 2.72. The first-order valence-corrected chi connectivity index (χ1v) is 16.8. The summed E-state index contributed by atoms with van der Waals surface area (Å²) in [5.74, 6) is -1.04. The summed E-state index contributed by atoms with van der Waals surface area (Å²) in [5, 5.41) is 8.19. The minimum Gasteiger partial charge on any atom is -0.443 e. The highest BCUT2D eigenvalue weighted by Crippen LogP contribution is 2.59. The van der Waals surface area contributed by atoms with Gasteiger partial charge < -0.3 is 39.6 Å². The first-order valence-electron chi connectivity index (χ1n) is 16.8. The van der Waals surface area contributed by atoms with Crippen LogP contribution in [0.4, 0.5) is 10.5 Å². The third kappa shape index (κ3) is 9.64. The van der Waals surface area contributed by atoms with Crippen LogP contribution in [0.15, 0.2) is 35.9 Å². The number of anilines is 1. The van der Waals surface area contributed by atoms with Crippen molar-refractivity contribution >= 4 is 29.4 Å². The van der Waals surface area contributed by atoms with Gasteiger partial charge in [-0.25, -0.2) is 4.79 Å². The summed E-state index contributed by atoms with van der Waals surface area (Å²) < 4.78 is 29.3. The van der Waals surface area contributed by atoms with Crippen LogP contribution in [0.1, 0.15) is 73.3 Å². The van der Waals surface area contributed by atoms with E-state index in [1.54, 1.807) is 46.9 Å². The van der Waals surface area contributed by atoms with Crippen molar-refractivity contribution in [1.82, 2.24) is 10.6 Å². The molecule has 1 aromatic rings. The number of epoxide rings is 2. The molecule has 1 aliphatic carbocycles. The maximum atomic E-state index is 12.8. The number of hydrogen-bond acceptors (Lipinski definition) is 9. The number of hydrogen-bond donors (Lipinski definition) is 3. The monoisotopic (exact) mass is 671 g/mol. The number of rotatable bonds is 15. The first kappa shape index (κ1) is 37.5. The summed E-state index contributed by atoms with van der Waals surface area (Å²) in [6.45, 7) is 13.7. The van der Waals surface area contributed by atoms with Crippen molar-refractivity contribution in [3.63, 3.8) is 0 Å². The van der Waals surface area contributed by atoms with E-state index in [1.807, 2.05) is 12.1 Å². The molecule has 3 N–H and O–H groups in total. The van der Waals surface area contributed by atoms with Crippen LogP contribution in [0.5, 0.6) is 0 Å². The fourth-order valence-corrected chi connectivity index (χ4v) is 6.37. The van der Waals surface area contributed by atoms with Crippen LogP contribution < -0.4 is 16.0 Å². The summed E-state index contributed by atoms with van der Waals surface area (Å²) in [4.78, 5) is 49.5. The Morgan fingerprint density at radius 2 is 1.79 bits per heavy atom. The fourth-order valence-electron chi connectivity index (χ4n) is 6.37. The number of allylic oxidation sites excluding steroid dienone is 1. The molecule has 3 amide bonds. The summed E-state index contributed by atoms with van der Waals surface area (Å²) >= 11 is 0. The van der Waals surface area contributed by atoms with Crippen LogP contribution in [0.25, 0.3) is 0 Å². The van der Waals surface area contributed by atoms with Crippen molar-refractivity contribution in [3.05, 3.63) is 41.5 Å². The molecular weight excluding hydrogens is 618 g/mol. The molecule has 1 saturated carbocycles. The third-order valence-corrected chi connectivity index (χ3v) is 9.47. The van der Waals surface area contributed by atoms with Crippen LogP contribution >= 0.6 is 0 Å². The fraction of sp³-hybridized carbons (Fsp3) is 0.667. The van der Waals surface area contributed by atoms with Crippen molar-refractivity contribution < 1.29 is 42.9 Å². The summed E-state index contributed by atoms with van der Waals surface area (Å²) in [7, 11) is 1.65. The van der Waals surface area contributed by atoms with Gasteiger partial charge >= 0.3 is 6.09 Å². The van der Waals surface area contributed by atoms with E-state index in [0.29, 0.717) is 31.7 Å². The SMILES string of the molecule is CO[C@H]1[C@H](C2(C)O[C@@H]2CC=C(C)C)[C@]2(CC[C@H]1OC(=O)NCCc1ccc(NC(=O)[C@H](C)NC(=O)COCC(=O)C(C)(C)C)cc1)CO2. The molecule has 266 valence electrons. The van der Waals surface area contributed by atoms with Crippen LogP contribution in [-0.2, 0) is 44.5 Å². The second kappa shape index (κ2) is 15.5. The van der Waals surface area contributed by atoms with E-state index in [2.05, 4.69) is 42.8 Å². The van der Waals surface area contributed by atoms with Gasteiger partial charge in [-0.1, -0.05) is 44.6 Å². The Bertz CT molecular complexity index is 1350. The topological polar surface area (TPSA) is 157 Å². The van der Waals surface area contributed by atoms with E-state index in [1.165, 1.54) is 5.57 Å². The lowest BCUT2D eigenvalue weighted by atomic mass is 9.68. The molecule has 2 aliphatic heterocycles. The van der Waals surface area contributed by atoms with Gasteiger partial charge in [0.25, 0.3) is 0 Å². The van der Waals surface area contributed by atoms with E-state index in [4.69, 9.17) is 23.7 Å². The summed E-state index contributed by atoms with van der Waals surface area (Å²) in [5.41, 5.74) is 1.54. The molecule has 1 unspecified atom stereocenters. The molecule has 7 atom stereocenters. The molecule has 1 spiro atoms. The van der Waals surface area contributed by atoms with Crippen molar-refractivity contribution in [3.8, 4) is 0 Å². The molecule has 1 aromatic carbocycles. The van der Waals surface area contributed by atoms with Crippen molar-refractivity contribution in [2.45, 2.75) is 110 Å². The zero-order chi connectivity index (χ0) is 35.3. The second-order valence-electron chi connectivity index (χ2n) is 14.6. The van der Waals surface area contributed by atoms with Crippen molar-refractivity contribution in [2.75, 3.05) is 38.8 Å². The Morgan fingerprint density at radius 1 is 1.10 bits per heavy atom. The quantitative estimate of drug-likeness (QED) is 0.184. The van der Waals surface area contributed by atoms with E-state index in [-0.39, 0.29) is 42.7 Å². The molecule has 3 aliphatic rings. The standard InChI is InChI=1S/C36H53N3O9/c1-22(2)9-14-28-35(7,48-28)31-30(44-8)26(15-17-36(31)21-46-36)47-33(43)37-18-16-24-10-12-25(13-11-24)39-32(42)23(3)38-29(41)20-45-19-27(40)34(4,5)6/h9-13,23,26,28,30-31H,14-21H2,1-8H3,(H,37,43)(H,38,41)(H,39,42)/t23-,26+,28+,30+,31+,35?,36-/m0/s1. The molecule has 48 heavy (non-hydrogen) atoms. The largest absolute Gasteiger partial charge is 0.443 e. The number of alkyl carbamates (subject to hydrolysis) is 1. The van der Waals surface area contributed by atoms with Gasteiger partial charge in [-0.2, -0.15) is 0 Å². The molecule has 0 aromatic heterocycles. The Hall–Kier alpha value is -3.32. The number of ketones is 1. The number of nitrogens with one attached hydrogen (secondary N) is 3. The Balaban J connectivity index is 1.18. The molecule has 12 heteroatoms. The van der Waals surface area contributed by atoms with Crippen LogP contribution in [-0.4, -0.2) is 92.7 Å². The van der Waals surface area contributed by atoms with Crippen LogP contribution in [0.3, 0.4) is 0 Å². The van der Waals surface area contributed by atoms with Crippen LogP contribution in [0, 0.1) is 11.3 Å². The number of amides is 3. The predicted molar refractivity (Wildman–Crippen MR) is 179 cm³/mol. The van der Waals surface area contributed by atoms with Gasteiger partial charge in [0.2, 0.25) is 11.8 Å². The third-order valence-electron chi connectivity index (χ3n) is 9.47. The second-order valence-corrected chi connectivity index (χ2v) is 14.6. The lowest BCUT2D eigenvalue weighted by Gasteiger charge is -2.42. The molecule has 3 fully saturated rings. The highest BCUT2D eigenvalue weighted by molar-refractivity contribution is 5.97. The lowest BCUT2D eigenvalue weighted by molar-refractivity contribution is -0.135. The van der Waals surface area contributed by atoms with E-state index >= 15 is 0 Å². The molecule has 2 saturated heterocycles. The number of carbonyl (C=O) groups excluding carboxylic acids is 4. The smallest absolute Gasteiger partial charge is 0.407 e. The summed E-state index contributed by atoms with van der Waals surface area (Å²) in [6, 6.07) is 6.42. The normalized spacial score (nSPS) is 28.2. The Morgan fingerprint density at radius 3 is 2.40 bits per heavy atom. The maximum absolute atomic E-state index is 12.8. The average Bonchev–Trinajstić information content (AvgIpc) is 3.93. The molecule has 4 rings (SSSR count). The predicted octanol–water partition coefficient (Wildman–Crippen LogP) is 4.11. The molecular formula is C36H53N3O9. The van der Waals surface area contributed by atoms with Gasteiger partial charge in [-0.3, -0.25) is 14.4 Å². The average molecular weight is 672 g/mol. The van der Waals surface area contributed by atoms with Gasteiger partial charge in [-0.15, -0.1) is 0 Å². The van der Waals surface area contributed by atoms with E-state index in [0.717, 1.165) is 18.4 Å². The lowest BCUT2D eigenvalue weighted by Crippen LogP contribution is -2.56. The number of benzene rings is 1. The van der Waals surface area contributed by atoms with Gasteiger partial charge in [0, 0.05) is 24.8 Å². The van der Waals surface area contributed by atoms with Gasteiger partial charge in [0.15, 0.2) is 5.78 Å². The summed E-state index contributed by atoms with van der Waals surface area (Å²) in [6.07, 6.45) is 3.84. The molecule has 12 nitrogen and oxygen atoms in total. The van der Waals surface area contributed by atoms with E-state index < -0.39 is 41.1 Å². The minimum absolute atomic E-state index is 0.0419. The van der Waals surface area contributed by atoms with Gasteiger partial charge in [0.1, 0.15) is 42.7 Å². The van der Waals surface area contributed by atoms with Crippen molar-refractivity contribution in [2.24, 2.45) is 11.3 Å². The zero-order valence-corrected chi connectivity index (χ0v) is 29.6. The Labute approximate surface area is 284 Å². The number of Topliss-reactive ketones (excluding diaryl/α,β-unsaturated/α-hetero) is 1. The van der Waals surface area contributed by atoms with Gasteiger partial charge in [-0.05, 0) is 71.1 Å². The van der Waals surface area contributed by atoms with Crippen LogP contribution in [0.2, 0.25) is 0 Å². The van der Waals surface area contributed by atoms with E-state index in [9.17, 15) is 19.2 Å². The Kier molecular flexibility index (Phi) is 12.1. The molecule has 2 heterocycles. The highest BCUT2D eigenvalue weighted by atomic mass is 16.6. The number of carbonyl (C=O) groups is 4.